The van der Waals surface area contributed by atoms with Gasteiger partial charge < -0.3 is 10.0 Å². The molecule has 0 aliphatic carbocycles. The lowest BCUT2D eigenvalue weighted by molar-refractivity contribution is 0.0689. The quantitative estimate of drug-likeness (QED) is 0.831. The maximum atomic E-state index is 10.3. The Balaban J connectivity index is 2.73. The summed E-state index contributed by atoms with van der Waals surface area (Å²) >= 11 is 0. The van der Waals surface area contributed by atoms with Gasteiger partial charge in [-0.05, 0) is 24.0 Å². The highest BCUT2D eigenvalue weighted by Crippen LogP contribution is 2.22. The molecule has 1 unspecified atom stereocenters. The molecule has 0 aliphatic rings. The van der Waals surface area contributed by atoms with Crippen LogP contribution in [-0.4, -0.2) is 24.3 Å². The molecule has 0 fully saturated rings. The second kappa shape index (κ2) is 6.79. The van der Waals surface area contributed by atoms with E-state index in [1.807, 2.05) is 6.07 Å². The summed E-state index contributed by atoms with van der Waals surface area (Å²) in [5.41, 5.74) is 1.13. The number of rotatable bonds is 6. The average Bonchev–Trinajstić information content (AvgIpc) is 2.34. The molecule has 0 bridgehead atoms. The average molecular weight is 249 g/mol. The molecule has 1 rings (SSSR count). The standard InChI is InChI=1S/C16H27NO/c1-5-6-12-17(13-15(18)16(2,3)4)14-10-8-7-9-11-14/h7-11,15,18H,5-6,12-13H2,1-4H3. The van der Waals surface area contributed by atoms with Crippen molar-refractivity contribution in [3.05, 3.63) is 30.3 Å². The summed E-state index contributed by atoms with van der Waals surface area (Å²) in [6, 6.07) is 10.4. The fraction of sp³-hybridized carbons (Fsp3) is 0.625. The smallest absolute Gasteiger partial charge is 0.0763 e. The van der Waals surface area contributed by atoms with Crippen LogP contribution in [0.4, 0.5) is 5.69 Å². The normalized spacial score (nSPS) is 13.4. The molecule has 0 heterocycles. The van der Waals surface area contributed by atoms with Crippen molar-refractivity contribution in [3.63, 3.8) is 0 Å². The molecule has 102 valence electrons. The van der Waals surface area contributed by atoms with E-state index < -0.39 is 0 Å². The van der Waals surface area contributed by atoms with Crippen molar-refractivity contribution < 1.29 is 5.11 Å². The Bertz CT molecular complexity index is 329. The number of nitrogens with zero attached hydrogens (tertiary/aromatic N) is 1. The third kappa shape index (κ3) is 4.69. The second-order valence-corrected chi connectivity index (χ2v) is 6.02. The van der Waals surface area contributed by atoms with Crippen LogP contribution in [0.3, 0.4) is 0 Å². The van der Waals surface area contributed by atoms with E-state index in [0.29, 0.717) is 6.54 Å². The lowest BCUT2D eigenvalue weighted by Gasteiger charge is -2.33. The van der Waals surface area contributed by atoms with Gasteiger partial charge in [0.15, 0.2) is 0 Å². The van der Waals surface area contributed by atoms with Crippen molar-refractivity contribution in [2.45, 2.75) is 46.6 Å². The molecule has 0 saturated heterocycles. The van der Waals surface area contributed by atoms with Crippen LogP contribution in [0.15, 0.2) is 30.3 Å². The first-order valence-corrected chi connectivity index (χ1v) is 6.93. The molecule has 0 aliphatic heterocycles. The van der Waals surface area contributed by atoms with Crippen molar-refractivity contribution in [2.75, 3.05) is 18.0 Å². The molecule has 0 radical (unpaired) electrons. The van der Waals surface area contributed by atoms with Gasteiger partial charge in [-0.2, -0.15) is 0 Å². The minimum Gasteiger partial charge on any atom is -0.391 e. The van der Waals surface area contributed by atoms with Crippen LogP contribution in [0.5, 0.6) is 0 Å². The summed E-state index contributed by atoms with van der Waals surface area (Å²) in [4.78, 5) is 2.29. The van der Waals surface area contributed by atoms with Crippen LogP contribution in [0.2, 0.25) is 0 Å². The summed E-state index contributed by atoms with van der Waals surface area (Å²) in [5.74, 6) is 0. The van der Waals surface area contributed by atoms with Crippen molar-refractivity contribution in [2.24, 2.45) is 5.41 Å². The molecule has 0 saturated carbocycles. The Morgan fingerprint density at radius 2 is 1.78 bits per heavy atom. The van der Waals surface area contributed by atoms with Gasteiger partial charge in [0.05, 0.1) is 6.10 Å². The maximum absolute atomic E-state index is 10.3. The predicted molar refractivity (Wildman–Crippen MR) is 79.0 cm³/mol. The molecule has 1 atom stereocenters. The van der Waals surface area contributed by atoms with Crippen molar-refractivity contribution >= 4 is 5.69 Å². The predicted octanol–water partition coefficient (Wildman–Crippen LogP) is 3.70. The lowest BCUT2D eigenvalue weighted by Crippen LogP contribution is -2.40. The molecule has 1 aromatic rings. The molecule has 0 aromatic heterocycles. The minimum atomic E-state index is -0.311. The van der Waals surface area contributed by atoms with Crippen LogP contribution in [-0.2, 0) is 0 Å². The van der Waals surface area contributed by atoms with Gasteiger partial charge in [-0.25, -0.2) is 0 Å². The highest BCUT2D eigenvalue weighted by atomic mass is 16.3. The van der Waals surface area contributed by atoms with E-state index in [9.17, 15) is 5.11 Å². The van der Waals surface area contributed by atoms with E-state index in [0.717, 1.165) is 13.0 Å². The minimum absolute atomic E-state index is 0.0702. The lowest BCUT2D eigenvalue weighted by atomic mass is 9.89. The molecule has 2 heteroatoms. The van der Waals surface area contributed by atoms with Crippen molar-refractivity contribution in [1.82, 2.24) is 0 Å². The zero-order valence-corrected chi connectivity index (χ0v) is 12.2. The summed E-state index contributed by atoms with van der Waals surface area (Å²) in [6.45, 7) is 10.2. The maximum Gasteiger partial charge on any atom is 0.0763 e. The Labute approximate surface area is 112 Å². The summed E-state index contributed by atoms with van der Waals surface area (Å²) in [5, 5.41) is 10.3. The zero-order chi connectivity index (χ0) is 13.6. The number of anilines is 1. The zero-order valence-electron chi connectivity index (χ0n) is 12.2. The number of unbranched alkanes of at least 4 members (excludes halogenated alkanes) is 1. The molecule has 0 spiro atoms. The Kier molecular flexibility index (Phi) is 5.67. The first-order valence-electron chi connectivity index (χ1n) is 6.93. The highest BCUT2D eigenvalue weighted by Gasteiger charge is 2.24. The molecule has 1 aromatic carbocycles. The van der Waals surface area contributed by atoms with Crippen LogP contribution in [0, 0.1) is 5.41 Å². The van der Waals surface area contributed by atoms with Gasteiger partial charge in [-0.3, -0.25) is 0 Å². The fourth-order valence-electron chi connectivity index (χ4n) is 1.80. The highest BCUT2D eigenvalue weighted by molar-refractivity contribution is 5.46. The monoisotopic (exact) mass is 249 g/mol. The van der Waals surface area contributed by atoms with Gasteiger partial charge in [0, 0.05) is 18.8 Å². The van der Waals surface area contributed by atoms with E-state index in [1.54, 1.807) is 0 Å². The van der Waals surface area contributed by atoms with Gasteiger partial charge in [-0.15, -0.1) is 0 Å². The van der Waals surface area contributed by atoms with Gasteiger partial charge >= 0.3 is 0 Å². The SMILES string of the molecule is CCCCN(CC(O)C(C)(C)C)c1ccccc1. The molecule has 18 heavy (non-hydrogen) atoms. The third-order valence-electron chi connectivity index (χ3n) is 3.30. The van der Waals surface area contributed by atoms with E-state index in [2.05, 4.69) is 56.9 Å². The number of hydrogen-bond donors (Lipinski definition) is 1. The topological polar surface area (TPSA) is 23.5 Å². The summed E-state index contributed by atoms with van der Waals surface area (Å²) in [6.07, 6.45) is 2.02. The third-order valence-corrected chi connectivity index (χ3v) is 3.30. The van der Waals surface area contributed by atoms with Crippen molar-refractivity contribution in [3.8, 4) is 0 Å². The number of para-hydroxylation sites is 1. The van der Waals surface area contributed by atoms with Crippen LogP contribution < -0.4 is 4.90 Å². The van der Waals surface area contributed by atoms with Crippen molar-refractivity contribution in [1.29, 1.82) is 0 Å². The van der Waals surface area contributed by atoms with E-state index in [-0.39, 0.29) is 11.5 Å². The fourth-order valence-corrected chi connectivity index (χ4v) is 1.80. The number of hydrogen-bond acceptors (Lipinski definition) is 2. The van der Waals surface area contributed by atoms with Gasteiger partial charge in [0.1, 0.15) is 0 Å². The van der Waals surface area contributed by atoms with Crippen LogP contribution >= 0.6 is 0 Å². The molecule has 1 N–H and O–H groups in total. The number of aliphatic hydroxyl groups is 1. The first-order chi connectivity index (χ1) is 8.45. The largest absolute Gasteiger partial charge is 0.391 e. The van der Waals surface area contributed by atoms with Crippen LogP contribution in [0.1, 0.15) is 40.5 Å². The number of benzene rings is 1. The molecular weight excluding hydrogens is 222 g/mol. The van der Waals surface area contributed by atoms with E-state index in [1.165, 1.54) is 12.1 Å². The Hall–Kier alpha value is -1.02. The van der Waals surface area contributed by atoms with Gasteiger partial charge in [-0.1, -0.05) is 52.3 Å². The molecule has 2 nitrogen and oxygen atoms in total. The van der Waals surface area contributed by atoms with Crippen LogP contribution in [0.25, 0.3) is 0 Å². The van der Waals surface area contributed by atoms with E-state index in [4.69, 9.17) is 0 Å². The molecular formula is C16H27NO. The Morgan fingerprint density at radius 1 is 1.17 bits per heavy atom. The van der Waals surface area contributed by atoms with E-state index >= 15 is 0 Å². The second-order valence-electron chi connectivity index (χ2n) is 6.02. The van der Waals surface area contributed by atoms with Gasteiger partial charge in [0.25, 0.3) is 0 Å². The van der Waals surface area contributed by atoms with Gasteiger partial charge in [0.2, 0.25) is 0 Å². The summed E-state index contributed by atoms with van der Waals surface area (Å²) in [7, 11) is 0. The number of aliphatic hydroxyl groups excluding tert-OH is 1. The first kappa shape index (κ1) is 15.0. The summed E-state index contributed by atoms with van der Waals surface area (Å²) < 4.78 is 0. The molecule has 0 amide bonds. The Morgan fingerprint density at radius 3 is 2.28 bits per heavy atom.